The Bertz CT molecular complexity index is 736. The largest absolute Gasteiger partial charge is 0.379 e. The molecule has 1 aromatic carbocycles. The second-order valence-corrected chi connectivity index (χ2v) is 6.14. The summed E-state index contributed by atoms with van der Waals surface area (Å²) in [6, 6.07) is 8.42. The van der Waals surface area contributed by atoms with Crippen molar-refractivity contribution in [1.29, 1.82) is 0 Å². The highest BCUT2D eigenvalue weighted by atomic mass is 35.5. The van der Waals surface area contributed by atoms with Gasteiger partial charge in [-0.05, 0) is 19.4 Å². The zero-order valence-corrected chi connectivity index (χ0v) is 14.1. The molecule has 5 nitrogen and oxygen atoms in total. The number of rotatable bonds is 3. The molecule has 23 heavy (non-hydrogen) atoms. The summed E-state index contributed by atoms with van der Waals surface area (Å²) in [4.78, 5) is 21.1. The van der Waals surface area contributed by atoms with E-state index >= 15 is 0 Å². The molecule has 0 saturated carbocycles. The molecule has 3 rings (SSSR count). The smallest absolute Gasteiger partial charge is 0.270 e. The summed E-state index contributed by atoms with van der Waals surface area (Å²) in [6.07, 6.45) is 0. The van der Waals surface area contributed by atoms with Gasteiger partial charge in [-0.25, -0.2) is 4.98 Å². The predicted octanol–water partition coefficient (Wildman–Crippen LogP) is 2.79. The van der Waals surface area contributed by atoms with Gasteiger partial charge in [0.15, 0.2) is 0 Å². The van der Waals surface area contributed by atoms with Crippen LogP contribution in [-0.4, -0.2) is 41.2 Å². The van der Waals surface area contributed by atoms with E-state index in [4.69, 9.17) is 16.3 Å². The molecule has 6 heteroatoms. The number of hydrogen-bond donors (Lipinski definition) is 1. The fourth-order valence-corrected chi connectivity index (χ4v) is 3.06. The maximum absolute atomic E-state index is 11.8. The summed E-state index contributed by atoms with van der Waals surface area (Å²) in [6.45, 7) is 7.41. The molecule has 1 atom stereocenters. The van der Waals surface area contributed by atoms with Crippen molar-refractivity contribution in [3.8, 4) is 11.3 Å². The van der Waals surface area contributed by atoms with Crippen LogP contribution in [0, 0.1) is 6.92 Å². The molecule has 122 valence electrons. The van der Waals surface area contributed by atoms with Gasteiger partial charge in [0.25, 0.3) is 5.56 Å². The topological polar surface area (TPSA) is 58.2 Å². The summed E-state index contributed by atoms with van der Waals surface area (Å²) in [7, 11) is 0. The highest BCUT2D eigenvalue weighted by molar-refractivity contribution is 6.32. The van der Waals surface area contributed by atoms with E-state index in [2.05, 4.69) is 33.9 Å². The Labute approximate surface area is 140 Å². The van der Waals surface area contributed by atoms with Gasteiger partial charge in [0.1, 0.15) is 10.8 Å². The summed E-state index contributed by atoms with van der Waals surface area (Å²) < 4.78 is 5.40. The summed E-state index contributed by atoms with van der Waals surface area (Å²) in [5.41, 5.74) is 2.30. The Morgan fingerprint density at radius 2 is 1.91 bits per heavy atom. The fraction of sp³-hybridized carbons (Fsp3) is 0.412. The van der Waals surface area contributed by atoms with Crippen LogP contribution in [0.1, 0.15) is 24.4 Å². The van der Waals surface area contributed by atoms with Crippen molar-refractivity contribution in [3.05, 3.63) is 51.0 Å². The monoisotopic (exact) mass is 333 g/mol. The number of hydrogen-bond acceptors (Lipinski definition) is 4. The maximum atomic E-state index is 11.8. The molecule has 1 saturated heterocycles. The van der Waals surface area contributed by atoms with Crippen LogP contribution < -0.4 is 5.56 Å². The molecule has 2 aromatic rings. The van der Waals surface area contributed by atoms with E-state index in [0.29, 0.717) is 17.6 Å². The maximum Gasteiger partial charge on any atom is 0.270 e. The van der Waals surface area contributed by atoms with Crippen molar-refractivity contribution in [2.75, 3.05) is 26.3 Å². The fourth-order valence-electron chi connectivity index (χ4n) is 2.86. The van der Waals surface area contributed by atoms with E-state index in [9.17, 15) is 4.79 Å². The number of ether oxygens (including phenoxy) is 1. The number of H-pyrrole nitrogens is 1. The molecule has 1 aliphatic rings. The van der Waals surface area contributed by atoms with Crippen LogP contribution in [0.25, 0.3) is 11.3 Å². The first kappa shape index (κ1) is 16.2. The molecule has 0 amide bonds. The van der Waals surface area contributed by atoms with Crippen LogP contribution in [0.4, 0.5) is 0 Å². The number of nitrogens with one attached hydrogen (secondary N) is 1. The number of benzene rings is 1. The molecule has 1 aromatic heterocycles. The Hall–Kier alpha value is -1.69. The number of morpholine rings is 1. The minimum absolute atomic E-state index is 0.129. The van der Waals surface area contributed by atoms with Gasteiger partial charge < -0.3 is 9.72 Å². The Kier molecular flexibility index (Phi) is 4.80. The molecule has 1 N–H and O–H groups in total. The van der Waals surface area contributed by atoms with Crippen molar-refractivity contribution >= 4 is 11.6 Å². The van der Waals surface area contributed by atoms with Gasteiger partial charge in [0.05, 0.1) is 18.9 Å². The van der Waals surface area contributed by atoms with Crippen molar-refractivity contribution in [2.24, 2.45) is 0 Å². The Morgan fingerprint density at radius 1 is 1.26 bits per heavy atom. The zero-order chi connectivity index (χ0) is 16.4. The Morgan fingerprint density at radius 3 is 2.57 bits per heavy atom. The third-order valence-corrected chi connectivity index (χ3v) is 4.59. The number of aromatic nitrogens is 2. The van der Waals surface area contributed by atoms with Crippen LogP contribution in [0.2, 0.25) is 5.02 Å². The van der Waals surface area contributed by atoms with Gasteiger partial charge in [0, 0.05) is 24.7 Å². The summed E-state index contributed by atoms with van der Waals surface area (Å²) in [5.74, 6) is 0.556. The highest BCUT2D eigenvalue weighted by Gasteiger charge is 2.18. The van der Waals surface area contributed by atoms with E-state index in [0.717, 1.165) is 31.9 Å². The molecule has 1 aliphatic heterocycles. The summed E-state index contributed by atoms with van der Waals surface area (Å²) >= 11 is 6.10. The van der Waals surface area contributed by atoms with Crippen LogP contribution in [0.15, 0.2) is 29.1 Å². The molecule has 0 bridgehead atoms. The summed E-state index contributed by atoms with van der Waals surface area (Å²) in [5, 5.41) is 0.129. The van der Waals surface area contributed by atoms with Crippen LogP contribution in [0.5, 0.6) is 0 Å². The molecule has 0 radical (unpaired) electrons. The predicted molar refractivity (Wildman–Crippen MR) is 90.8 cm³/mol. The van der Waals surface area contributed by atoms with Crippen molar-refractivity contribution < 1.29 is 4.74 Å². The second kappa shape index (κ2) is 6.83. The average Bonchev–Trinajstić information content (AvgIpc) is 2.58. The highest BCUT2D eigenvalue weighted by Crippen LogP contribution is 2.26. The number of nitrogens with zero attached hydrogens (tertiary/aromatic N) is 2. The molecular formula is C17H20ClN3O2. The van der Waals surface area contributed by atoms with E-state index in [1.165, 1.54) is 5.56 Å². The molecule has 1 unspecified atom stereocenters. The van der Waals surface area contributed by atoms with Crippen LogP contribution >= 0.6 is 11.6 Å². The quantitative estimate of drug-likeness (QED) is 0.938. The first-order valence-corrected chi connectivity index (χ1v) is 8.12. The zero-order valence-electron chi connectivity index (χ0n) is 13.3. The number of halogens is 1. The van der Waals surface area contributed by atoms with Gasteiger partial charge in [0.2, 0.25) is 0 Å². The van der Waals surface area contributed by atoms with Crippen molar-refractivity contribution in [2.45, 2.75) is 19.9 Å². The molecule has 1 fully saturated rings. The molecular weight excluding hydrogens is 314 g/mol. The second-order valence-electron chi connectivity index (χ2n) is 5.76. The standard InChI is InChI=1S/C17H20ClN3O2/c1-11(21-7-9-23-10-8-21)13-3-5-14(6-4-13)16-15(18)17(22)20-12(2)19-16/h3-6,11H,7-10H2,1-2H3,(H,19,20,22). The van der Waals surface area contributed by atoms with Crippen LogP contribution in [0.3, 0.4) is 0 Å². The number of aryl methyl sites for hydroxylation is 1. The number of aromatic amines is 1. The Balaban J connectivity index is 1.86. The van der Waals surface area contributed by atoms with Crippen molar-refractivity contribution in [3.63, 3.8) is 0 Å². The molecule has 2 heterocycles. The molecule has 0 aliphatic carbocycles. The lowest BCUT2D eigenvalue weighted by atomic mass is 10.0. The van der Waals surface area contributed by atoms with E-state index < -0.39 is 0 Å². The van der Waals surface area contributed by atoms with E-state index in [-0.39, 0.29) is 10.6 Å². The third kappa shape index (κ3) is 3.47. The van der Waals surface area contributed by atoms with E-state index in [1.807, 2.05) is 12.1 Å². The SMILES string of the molecule is Cc1nc(-c2ccc(C(C)N3CCOCC3)cc2)c(Cl)c(=O)[nH]1. The van der Waals surface area contributed by atoms with Crippen molar-refractivity contribution in [1.82, 2.24) is 14.9 Å². The lowest BCUT2D eigenvalue weighted by Gasteiger charge is -2.32. The van der Waals surface area contributed by atoms with E-state index in [1.54, 1.807) is 6.92 Å². The molecule has 0 spiro atoms. The van der Waals surface area contributed by atoms with Gasteiger partial charge in [-0.1, -0.05) is 35.9 Å². The minimum atomic E-state index is -0.306. The third-order valence-electron chi connectivity index (χ3n) is 4.24. The lowest BCUT2D eigenvalue weighted by Crippen LogP contribution is -2.37. The average molecular weight is 334 g/mol. The van der Waals surface area contributed by atoms with Gasteiger partial charge in [-0.2, -0.15) is 0 Å². The normalized spacial score (nSPS) is 17.2. The van der Waals surface area contributed by atoms with Gasteiger partial charge in [-0.15, -0.1) is 0 Å². The van der Waals surface area contributed by atoms with Gasteiger partial charge >= 0.3 is 0 Å². The first-order valence-electron chi connectivity index (χ1n) is 7.75. The lowest BCUT2D eigenvalue weighted by molar-refractivity contribution is 0.0198. The first-order chi connectivity index (χ1) is 11.1. The van der Waals surface area contributed by atoms with Crippen LogP contribution in [-0.2, 0) is 4.74 Å². The van der Waals surface area contributed by atoms with Gasteiger partial charge in [-0.3, -0.25) is 9.69 Å². The minimum Gasteiger partial charge on any atom is -0.379 e.